The van der Waals surface area contributed by atoms with Crippen LogP contribution in [0.1, 0.15) is 30.7 Å². The Hall–Kier alpha value is -1.71. The van der Waals surface area contributed by atoms with Crippen LogP contribution in [0.3, 0.4) is 0 Å². The summed E-state index contributed by atoms with van der Waals surface area (Å²) in [6.45, 7) is 1.33. The quantitative estimate of drug-likeness (QED) is 0.785. The van der Waals surface area contributed by atoms with Crippen molar-refractivity contribution in [3.8, 4) is 11.5 Å². The van der Waals surface area contributed by atoms with Crippen LogP contribution in [0.5, 0.6) is 11.5 Å². The Morgan fingerprint density at radius 1 is 1.26 bits per heavy atom. The molecule has 102 valence electrons. The van der Waals surface area contributed by atoms with Crippen LogP contribution in [0.4, 0.5) is 0 Å². The zero-order valence-corrected chi connectivity index (χ0v) is 11.1. The Balaban J connectivity index is 1.91. The van der Waals surface area contributed by atoms with Gasteiger partial charge in [-0.05, 0) is 36.5 Å². The predicted molar refractivity (Wildman–Crippen MR) is 69.5 cm³/mol. The number of methoxy groups -OCH3 is 1. The van der Waals surface area contributed by atoms with Crippen LogP contribution in [-0.4, -0.2) is 26.3 Å². The molecule has 1 atom stereocenters. The van der Waals surface area contributed by atoms with Crippen LogP contribution in [-0.2, 0) is 9.53 Å². The first kappa shape index (κ1) is 12.3. The Morgan fingerprint density at radius 3 is 2.68 bits per heavy atom. The molecule has 4 heteroatoms. The summed E-state index contributed by atoms with van der Waals surface area (Å²) in [4.78, 5) is 11.9. The molecule has 3 rings (SSSR count). The zero-order chi connectivity index (χ0) is 13.2. The van der Waals surface area contributed by atoms with E-state index < -0.39 is 0 Å². The second kappa shape index (κ2) is 5.11. The van der Waals surface area contributed by atoms with Crippen molar-refractivity contribution in [2.45, 2.75) is 25.2 Å². The van der Waals surface area contributed by atoms with E-state index >= 15 is 0 Å². The molecule has 19 heavy (non-hydrogen) atoms. The van der Waals surface area contributed by atoms with E-state index in [2.05, 4.69) is 0 Å². The van der Waals surface area contributed by atoms with E-state index in [0.29, 0.717) is 19.1 Å². The lowest BCUT2D eigenvalue weighted by Gasteiger charge is -2.16. The molecule has 2 aliphatic rings. The molecule has 1 saturated carbocycles. The van der Waals surface area contributed by atoms with E-state index in [1.165, 1.54) is 7.11 Å². The third-order valence-corrected chi connectivity index (χ3v) is 3.68. The van der Waals surface area contributed by atoms with Crippen LogP contribution in [0.15, 0.2) is 18.2 Å². The fourth-order valence-electron chi connectivity index (χ4n) is 2.53. The maximum absolute atomic E-state index is 11.9. The first-order valence-corrected chi connectivity index (χ1v) is 6.77. The highest BCUT2D eigenvalue weighted by Gasteiger charge is 2.38. The van der Waals surface area contributed by atoms with E-state index in [9.17, 15) is 4.79 Å². The number of hydrogen-bond acceptors (Lipinski definition) is 4. The lowest BCUT2D eigenvalue weighted by molar-refractivity contribution is -0.143. The van der Waals surface area contributed by atoms with Gasteiger partial charge in [-0.3, -0.25) is 4.79 Å². The second-order valence-electron chi connectivity index (χ2n) is 5.09. The van der Waals surface area contributed by atoms with Crippen molar-refractivity contribution in [3.05, 3.63) is 23.8 Å². The molecular weight excluding hydrogens is 244 g/mol. The number of fused-ring (bicyclic) bond motifs is 1. The molecule has 0 amide bonds. The average molecular weight is 262 g/mol. The summed E-state index contributed by atoms with van der Waals surface area (Å²) in [6, 6.07) is 5.78. The van der Waals surface area contributed by atoms with Crippen LogP contribution < -0.4 is 9.47 Å². The van der Waals surface area contributed by atoms with Crippen molar-refractivity contribution in [2.75, 3.05) is 20.3 Å². The van der Waals surface area contributed by atoms with Crippen molar-refractivity contribution in [2.24, 2.45) is 5.92 Å². The third-order valence-electron chi connectivity index (χ3n) is 3.68. The molecular formula is C15H18O4. The molecule has 0 radical (unpaired) electrons. The SMILES string of the molecule is COC(=O)C(c1ccc2c(c1)OCCCO2)C1CC1. The number of esters is 1. The van der Waals surface area contributed by atoms with Crippen LogP contribution in [0, 0.1) is 5.92 Å². The summed E-state index contributed by atoms with van der Waals surface area (Å²) >= 11 is 0. The van der Waals surface area contributed by atoms with E-state index in [0.717, 1.165) is 36.3 Å². The van der Waals surface area contributed by atoms with Gasteiger partial charge in [0.05, 0.1) is 26.2 Å². The molecule has 1 aliphatic heterocycles. The van der Waals surface area contributed by atoms with Crippen LogP contribution >= 0.6 is 0 Å². The summed E-state index contributed by atoms with van der Waals surface area (Å²) in [6.07, 6.45) is 3.06. The van der Waals surface area contributed by atoms with Crippen molar-refractivity contribution in [1.29, 1.82) is 0 Å². The number of benzene rings is 1. The minimum absolute atomic E-state index is 0.156. The van der Waals surface area contributed by atoms with Gasteiger partial charge in [0.25, 0.3) is 0 Å². The standard InChI is InChI=1S/C15H18O4/c1-17-15(16)14(10-3-4-10)11-5-6-12-13(9-11)19-8-2-7-18-12/h5-6,9-10,14H,2-4,7-8H2,1H3. The Bertz CT molecular complexity index is 479. The van der Waals surface area contributed by atoms with Crippen molar-refractivity contribution in [3.63, 3.8) is 0 Å². The van der Waals surface area contributed by atoms with E-state index in [4.69, 9.17) is 14.2 Å². The Morgan fingerprint density at radius 2 is 2.00 bits per heavy atom. The highest BCUT2D eigenvalue weighted by Crippen LogP contribution is 2.45. The summed E-state index contributed by atoms with van der Waals surface area (Å²) in [5, 5.41) is 0. The largest absolute Gasteiger partial charge is 0.490 e. The summed E-state index contributed by atoms with van der Waals surface area (Å²) in [7, 11) is 1.45. The molecule has 1 aliphatic carbocycles. The van der Waals surface area contributed by atoms with Crippen molar-refractivity contribution >= 4 is 5.97 Å². The molecule has 0 N–H and O–H groups in total. The number of carbonyl (C=O) groups excluding carboxylic acids is 1. The number of hydrogen-bond donors (Lipinski definition) is 0. The molecule has 0 saturated heterocycles. The molecule has 1 aromatic rings. The van der Waals surface area contributed by atoms with Crippen molar-refractivity contribution in [1.82, 2.24) is 0 Å². The topological polar surface area (TPSA) is 44.8 Å². The van der Waals surface area contributed by atoms with Gasteiger partial charge in [-0.15, -0.1) is 0 Å². The van der Waals surface area contributed by atoms with Gasteiger partial charge in [0, 0.05) is 6.42 Å². The molecule has 0 spiro atoms. The third kappa shape index (κ3) is 2.53. The summed E-state index contributed by atoms with van der Waals surface area (Å²) < 4.78 is 16.2. The smallest absolute Gasteiger partial charge is 0.313 e. The molecule has 4 nitrogen and oxygen atoms in total. The zero-order valence-electron chi connectivity index (χ0n) is 11.1. The van der Waals surface area contributed by atoms with Crippen LogP contribution in [0.25, 0.3) is 0 Å². The van der Waals surface area contributed by atoms with Gasteiger partial charge in [0.15, 0.2) is 11.5 Å². The molecule has 1 aromatic carbocycles. The molecule has 1 fully saturated rings. The predicted octanol–water partition coefficient (Wildman–Crippen LogP) is 2.51. The summed E-state index contributed by atoms with van der Waals surface area (Å²) in [5.41, 5.74) is 0.971. The maximum atomic E-state index is 11.9. The molecule has 1 unspecified atom stereocenters. The first-order chi connectivity index (χ1) is 9.29. The first-order valence-electron chi connectivity index (χ1n) is 6.77. The van der Waals surface area contributed by atoms with E-state index in [1.807, 2.05) is 18.2 Å². The monoisotopic (exact) mass is 262 g/mol. The fraction of sp³-hybridized carbons (Fsp3) is 0.533. The number of ether oxygens (including phenoxy) is 3. The minimum atomic E-state index is -0.165. The molecule has 1 heterocycles. The van der Waals surface area contributed by atoms with Gasteiger partial charge < -0.3 is 14.2 Å². The van der Waals surface area contributed by atoms with Gasteiger partial charge in [0.2, 0.25) is 0 Å². The fourth-order valence-corrected chi connectivity index (χ4v) is 2.53. The van der Waals surface area contributed by atoms with Gasteiger partial charge >= 0.3 is 5.97 Å². The summed E-state index contributed by atoms with van der Waals surface area (Å²) in [5.74, 6) is 1.60. The van der Waals surface area contributed by atoms with Gasteiger partial charge in [0.1, 0.15) is 0 Å². The van der Waals surface area contributed by atoms with Gasteiger partial charge in [-0.25, -0.2) is 0 Å². The minimum Gasteiger partial charge on any atom is -0.490 e. The van der Waals surface area contributed by atoms with Gasteiger partial charge in [-0.2, -0.15) is 0 Å². The van der Waals surface area contributed by atoms with Crippen LogP contribution in [0.2, 0.25) is 0 Å². The lowest BCUT2D eigenvalue weighted by atomic mass is 9.94. The maximum Gasteiger partial charge on any atom is 0.313 e. The average Bonchev–Trinajstić information content (AvgIpc) is 3.25. The Labute approximate surface area is 112 Å². The van der Waals surface area contributed by atoms with Crippen molar-refractivity contribution < 1.29 is 19.0 Å². The Kier molecular flexibility index (Phi) is 3.32. The van der Waals surface area contributed by atoms with E-state index in [1.54, 1.807) is 0 Å². The highest BCUT2D eigenvalue weighted by atomic mass is 16.5. The number of carbonyl (C=O) groups is 1. The highest BCUT2D eigenvalue weighted by molar-refractivity contribution is 5.79. The van der Waals surface area contributed by atoms with E-state index in [-0.39, 0.29) is 11.9 Å². The molecule has 0 bridgehead atoms. The van der Waals surface area contributed by atoms with Gasteiger partial charge in [-0.1, -0.05) is 6.07 Å². The lowest BCUT2D eigenvalue weighted by Crippen LogP contribution is -2.16. The molecule has 0 aromatic heterocycles. The second-order valence-corrected chi connectivity index (χ2v) is 5.09. The number of rotatable bonds is 3. The normalized spacial score (nSPS) is 19.4.